The van der Waals surface area contributed by atoms with Crippen LogP contribution in [0.5, 0.6) is 5.88 Å². The summed E-state index contributed by atoms with van der Waals surface area (Å²) in [7, 11) is 1.45. The summed E-state index contributed by atoms with van der Waals surface area (Å²) in [4.78, 5) is 36.8. The minimum atomic E-state index is -1.15. The lowest BCUT2D eigenvalue weighted by Gasteiger charge is -2.05. The van der Waals surface area contributed by atoms with E-state index >= 15 is 0 Å². The second-order valence-electron chi connectivity index (χ2n) is 3.44. The predicted octanol–water partition coefficient (Wildman–Crippen LogP) is -0.979. The Kier molecular flexibility index (Phi) is 5.27. The van der Waals surface area contributed by atoms with E-state index in [2.05, 4.69) is 15.6 Å². The van der Waals surface area contributed by atoms with E-state index in [0.717, 1.165) is 0 Å². The van der Waals surface area contributed by atoms with Crippen LogP contribution in [0.1, 0.15) is 10.4 Å². The molecule has 0 aliphatic rings. The summed E-state index contributed by atoms with van der Waals surface area (Å²) >= 11 is 0. The van der Waals surface area contributed by atoms with Crippen molar-refractivity contribution >= 4 is 17.8 Å². The molecule has 0 fully saturated rings. The number of methoxy groups -OCH3 is 1. The van der Waals surface area contributed by atoms with Gasteiger partial charge < -0.3 is 20.5 Å². The van der Waals surface area contributed by atoms with Gasteiger partial charge in [0.25, 0.3) is 5.91 Å². The maximum atomic E-state index is 11.6. The van der Waals surface area contributed by atoms with Gasteiger partial charge in [-0.05, 0) is 6.07 Å². The second-order valence-corrected chi connectivity index (χ2v) is 3.44. The third-order valence-corrected chi connectivity index (χ3v) is 2.05. The molecule has 8 nitrogen and oxygen atoms in total. The summed E-state index contributed by atoms with van der Waals surface area (Å²) in [6, 6.07) is 3.01. The van der Waals surface area contributed by atoms with Gasteiger partial charge in [-0.2, -0.15) is 0 Å². The van der Waals surface area contributed by atoms with Crippen LogP contribution in [-0.4, -0.2) is 48.1 Å². The Morgan fingerprint density at radius 3 is 2.53 bits per heavy atom. The quantitative estimate of drug-likeness (QED) is 0.610. The topological polar surface area (TPSA) is 118 Å². The standard InChI is InChI=1S/C11H13N3O5/c1-19-9-3-2-7(4-13-9)11(18)14-5-8(15)12-6-10(16)17/h2-4H,5-6H2,1H3,(H,12,15)(H,14,18)(H,16,17). The monoisotopic (exact) mass is 267 g/mol. The number of nitrogens with zero attached hydrogens (tertiary/aromatic N) is 1. The molecule has 0 saturated heterocycles. The highest BCUT2D eigenvalue weighted by Gasteiger charge is 2.09. The fourth-order valence-electron chi connectivity index (χ4n) is 1.13. The molecule has 102 valence electrons. The Hall–Kier alpha value is -2.64. The Labute approximate surface area is 108 Å². The summed E-state index contributed by atoms with van der Waals surface area (Å²) < 4.78 is 4.84. The minimum absolute atomic E-state index is 0.270. The van der Waals surface area contributed by atoms with Gasteiger partial charge in [0.05, 0.1) is 19.2 Å². The fraction of sp³-hybridized carbons (Fsp3) is 0.273. The first kappa shape index (κ1) is 14.4. The number of nitrogens with one attached hydrogen (secondary N) is 2. The first-order valence-electron chi connectivity index (χ1n) is 5.29. The van der Waals surface area contributed by atoms with Crippen molar-refractivity contribution in [3.8, 4) is 5.88 Å². The average Bonchev–Trinajstić information content (AvgIpc) is 2.42. The van der Waals surface area contributed by atoms with Gasteiger partial charge in [0.2, 0.25) is 11.8 Å². The number of carboxylic acid groups (broad SMARTS) is 1. The van der Waals surface area contributed by atoms with E-state index in [1.807, 2.05) is 0 Å². The van der Waals surface area contributed by atoms with E-state index in [-0.39, 0.29) is 12.1 Å². The largest absolute Gasteiger partial charge is 0.481 e. The predicted molar refractivity (Wildman–Crippen MR) is 63.8 cm³/mol. The average molecular weight is 267 g/mol. The van der Waals surface area contributed by atoms with Gasteiger partial charge in [0, 0.05) is 12.3 Å². The Morgan fingerprint density at radius 2 is 2.00 bits per heavy atom. The number of rotatable bonds is 6. The molecule has 0 aromatic carbocycles. The lowest BCUT2D eigenvalue weighted by molar-refractivity contribution is -0.137. The normalized spacial score (nSPS) is 9.53. The molecule has 1 rings (SSSR count). The summed E-state index contributed by atoms with van der Waals surface area (Å²) in [6.45, 7) is -0.795. The number of hydrogen-bond acceptors (Lipinski definition) is 5. The molecule has 0 aliphatic carbocycles. The number of aliphatic carboxylic acids is 1. The molecule has 3 N–H and O–H groups in total. The molecule has 0 bridgehead atoms. The van der Waals surface area contributed by atoms with Gasteiger partial charge >= 0.3 is 5.97 Å². The summed E-state index contributed by atoms with van der Waals surface area (Å²) in [5.74, 6) is -1.85. The third kappa shape index (κ3) is 5.02. The Morgan fingerprint density at radius 1 is 1.26 bits per heavy atom. The van der Waals surface area contributed by atoms with Crippen LogP contribution in [0.25, 0.3) is 0 Å². The second kappa shape index (κ2) is 6.94. The molecule has 1 aromatic rings. The molecule has 19 heavy (non-hydrogen) atoms. The van der Waals surface area contributed by atoms with Gasteiger partial charge in [-0.1, -0.05) is 0 Å². The molecule has 8 heteroatoms. The number of amides is 2. The van der Waals surface area contributed by atoms with Crippen molar-refractivity contribution in [1.29, 1.82) is 0 Å². The number of pyridine rings is 1. The maximum Gasteiger partial charge on any atom is 0.322 e. The molecule has 0 spiro atoms. The van der Waals surface area contributed by atoms with Crippen molar-refractivity contribution in [1.82, 2.24) is 15.6 Å². The van der Waals surface area contributed by atoms with Gasteiger partial charge in [0.1, 0.15) is 6.54 Å². The molecule has 0 atom stereocenters. The van der Waals surface area contributed by atoms with Crippen molar-refractivity contribution in [3.05, 3.63) is 23.9 Å². The van der Waals surface area contributed by atoms with Gasteiger partial charge in [0.15, 0.2) is 0 Å². The molecule has 0 aliphatic heterocycles. The highest BCUT2D eigenvalue weighted by atomic mass is 16.5. The van der Waals surface area contributed by atoms with E-state index < -0.39 is 24.3 Å². The molecule has 2 amide bonds. The van der Waals surface area contributed by atoms with Gasteiger partial charge in [-0.15, -0.1) is 0 Å². The van der Waals surface area contributed by atoms with Crippen LogP contribution in [0.2, 0.25) is 0 Å². The number of carboxylic acids is 1. The highest BCUT2D eigenvalue weighted by Crippen LogP contribution is 2.06. The van der Waals surface area contributed by atoms with Crippen LogP contribution in [0.4, 0.5) is 0 Å². The highest BCUT2D eigenvalue weighted by molar-refractivity contribution is 5.96. The first-order valence-corrected chi connectivity index (χ1v) is 5.29. The van der Waals surface area contributed by atoms with Crippen LogP contribution in [-0.2, 0) is 9.59 Å². The smallest absolute Gasteiger partial charge is 0.322 e. The zero-order chi connectivity index (χ0) is 14.3. The van der Waals surface area contributed by atoms with Crippen molar-refractivity contribution in [2.75, 3.05) is 20.2 Å². The number of carbonyl (C=O) groups excluding carboxylic acids is 2. The SMILES string of the molecule is COc1ccc(C(=O)NCC(=O)NCC(=O)O)cn1. The lowest BCUT2D eigenvalue weighted by atomic mass is 10.2. The zero-order valence-electron chi connectivity index (χ0n) is 10.2. The fourth-order valence-corrected chi connectivity index (χ4v) is 1.13. The van der Waals surface area contributed by atoms with E-state index in [4.69, 9.17) is 9.84 Å². The Balaban J connectivity index is 2.42. The lowest BCUT2D eigenvalue weighted by Crippen LogP contribution is -2.39. The van der Waals surface area contributed by atoms with Crippen LogP contribution < -0.4 is 15.4 Å². The van der Waals surface area contributed by atoms with Gasteiger partial charge in [-0.3, -0.25) is 14.4 Å². The molecule has 0 unspecified atom stereocenters. The van der Waals surface area contributed by atoms with Crippen molar-refractivity contribution in [2.45, 2.75) is 0 Å². The Bertz CT molecular complexity index is 472. The van der Waals surface area contributed by atoms with Gasteiger partial charge in [-0.25, -0.2) is 4.98 Å². The maximum absolute atomic E-state index is 11.6. The van der Waals surface area contributed by atoms with E-state index in [9.17, 15) is 14.4 Å². The van der Waals surface area contributed by atoms with Crippen molar-refractivity contribution in [3.63, 3.8) is 0 Å². The van der Waals surface area contributed by atoms with E-state index in [1.165, 1.54) is 25.4 Å². The molecule has 1 heterocycles. The number of ether oxygens (including phenoxy) is 1. The molecule has 1 aromatic heterocycles. The molecular weight excluding hydrogens is 254 g/mol. The van der Waals surface area contributed by atoms with Crippen molar-refractivity contribution in [2.24, 2.45) is 0 Å². The van der Waals surface area contributed by atoms with Crippen LogP contribution in [0, 0.1) is 0 Å². The van der Waals surface area contributed by atoms with Crippen LogP contribution in [0.15, 0.2) is 18.3 Å². The number of aromatic nitrogens is 1. The molecule has 0 radical (unpaired) electrons. The van der Waals surface area contributed by atoms with Crippen molar-refractivity contribution < 1.29 is 24.2 Å². The molecular formula is C11H13N3O5. The number of carbonyl (C=O) groups is 3. The molecule has 0 saturated carbocycles. The zero-order valence-corrected chi connectivity index (χ0v) is 10.2. The summed E-state index contributed by atoms with van der Waals surface area (Å²) in [6.07, 6.45) is 1.31. The first-order chi connectivity index (χ1) is 9.02. The van der Waals surface area contributed by atoms with E-state index in [1.54, 1.807) is 0 Å². The third-order valence-electron chi connectivity index (χ3n) is 2.05. The van der Waals surface area contributed by atoms with E-state index in [0.29, 0.717) is 5.88 Å². The minimum Gasteiger partial charge on any atom is -0.481 e. The summed E-state index contributed by atoms with van der Waals surface area (Å²) in [5, 5.41) is 12.8. The summed E-state index contributed by atoms with van der Waals surface area (Å²) in [5.41, 5.74) is 0.270. The van der Waals surface area contributed by atoms with Crippen LogP contribution >= 0.6 is 0 Å². The number of hydrogen-bond donors (Lipinski definition) is 3. The van der Waals surface area contributed by atoms with Crippen LogP contribution in [0.3, 0.4) is 0 Å².